The molecule has 0 spiro atoms. The van der Waals surface area contributed by atoms with Crippen molar-refractivity contribution in [3.8, 4) is 0 Å². The number of benzene rings is 2. The van der Waals surface area contributed by atoms with Gasteiger partial charge in [-0.2, -0.15) is 0 Å². The largest absolute Gasteiger partial charge is 0.398 e. The number of anilines is 1. The standard InChI is InChI=1S/C16H17ClN2O/c1-10-3-8-14(15(18)9-10)16(20)19-11(2)12-4-6-13(17)7-5-12/h3-9,11H,18H2,1-2H3,(H,19,20). The van der Waals surface area contributed by atoms with Crippen LogP contribution in [-0.2, 0) is 0 Å². The van der Waals surface area contributed by atoms with Crippen LogP contribution in [0.1, 0.15) is 34.5 Å². The molecule has 2 aromatic rings. The van der Waals surface area contributed by atoms with E-state index in [-0.39, 0.29) is 11.9 Å². The highest BCUT2D eigenvalue weighted by Crippen LogP contribution is 2.18. The molecule has 0 aliphatic carbocycles. The van der Waals surface area contributed by atoms with Gasteiger partial charge in [-0.1, -0.05) is 29.8 Å². The van der Waals surface area contributed by atoms with Gasteiger partial charge in [0, 0.05) is 10.7 Å². The van der Waals surface area contributed by atoms with E-state index in [9.17, 15) is 4.79 Å². The molecule has 0 bridgehead atoms. The number of rotatable bonds is 3. The Morgan fingerprint density at radius 3 is 2.45 bits per heavy atom. The molecule has 0 saturated heterocycles. The van der Waals surface area contributed by atoms with Crippen molar-refractivity contribution in [1.29, 1.82) is 0 Å². The molecule has 2 aromatic carbocycles. The summed E-state index contributed by atoms with van der Waals surface area (Å²) in [6, 6.07) is 12.7. The third-order valence-corrected chi connectivity index (χ3v) is 3.42. The lowest BCUT2D eigenvalue weighted by molar-refractivity contribution is 0.0941. The number of carbonyl (C=O) groups is 1. The molecule has 0 aliphatic rings. The predicted octanol–water partition coefficient (Wildman–Crippen LogP) is 3.72. The Morgan fingerprint density at radius 2 is 1.85 bits per heavy atom. The fraction of sp³-hybridized carbons (Fsp3) is 0.188. The zero-order valence-electron chi connectivity index (χ0n) is 11.5. The fourth-order valence-corrected chi connectivity index (χ4v) is 2.12. The Balaban J connectivity index is 2.13. The molecule has 0 radical (unpaired) electrons. The molecule has 1 unspecified atom stereocenters. The number of halogens is 1. The van der Waals surface area contributed by atoms with Crippen LogP contribution in [0.5, 0.6) is 0 Å². The highest BCUT2D eigenvalue weighted by molar-refractivity contribution is 6.30. The Hall–Kier alpha value is -2.00. The molecule has 4 heteroatoms. The summed E-state index contributed by atoms with van der Waals surface area (Å²) < 4.78 is 0. The normalized spacial score (nSPS) is 11.9. The van der Waals surface area contributed by atoms with Crippen LogP contribution in [0.25, 0.3) is 0 Å². The van der Waals surface area contributed by atoms with Gasteiger partial charge < -0.3 is 11.1 Å². The van der Waals surface area contributed by atoms with Crippen molar-refractivity contribution in [2.75, 3.05) is 5.73 Å². The zero-order valence-corrected chi connectivity index (χ0v) is 12.2. The highest BCUT2D eigenvalue weighted by Gasteiger charge is 2.13. The number of amides is 1. The van der Waals surface area contributed by atoms with E-state index in [4.69, 9.17) is 17.3 Å². The van der Waals surface area contributed by atoms with Crippen molar-refractivity contribution in [3.63, 3.8) is 0 Å². The van der Waals surface area contributed by atoms with Gasteiger partial charge in [-0.05, 0) is 49.2 Å². The summed E-state index contributed by atoms with van der Waals surface area (Å²) in [4.78, 5) is 12.2. The van der Waals surface area contributed by atoms with E-state index in [0.717, 1.165) is 11.1 Å². The molecule has 0 saturated carbocycles. The summed E-state index contributed by atoms with van der Waals surface area (Å²) in [5, 5.41) is 3.61. The second kappa shape index (κ2) is 5.97. The summed E-state index contributed by atoms with van der Waals surface area (Å²) in [6.07, 6.45) is 0. The first-order valence-electron chi connectivity index (χ1n) is 6.40. The molecule has 1 atom stereocenters. The molecule has 20 heavy (non-hydrogen) atoms. The van der Waals surface area contributed by atoms with Gasteiger partial charge in [-0.3, -0.25) is 4.79 Å². The lowest BCUT2D eigenvalue weighted by Crippen LogP contribution is -2.27. The summed E-state index contributed by atoms with van der Waals surface area (Å²) >= 11 is 5.85. The van der Waals surface area contributed by atoms with Crippen molar-refractivity contribution in [2.45, 2.75) is 19.9 Å². The molecule has 3 nitrogen and oxygen atoms in total. The van der Waals surface area contributed by atoms with E-state index in [0.29, 0.717) is 16.3 Å². The maximum absolute atomic E-state index is 12.2. The molecule has 104 valence electrons. The van der Waals surface area contributed by atoms with E-state index in [1.807, 2.05) is 32.0 Å². The Bertz CT molecular complexity index is 623. The minimum Gasteiger partial charge on any atom is -0.398 e. The third-order valence-electron chi connectivity index (χ3n) is 3.17. The lowest BCUT2D eigenvalue weighted by atomic mass is 10.1. The average Bonchev–Trinajstić information content (AvgIpc) is 2.39. The second-order valence-electron chi connectivity index (χ2n) is 4.84. The van der Waals surface area contributed by atoms with Crippen LogP contribution >= 0.6 is 11.6 Å². The number of nitrogen functional groups attached to an aromatic ring is 1. The van der Waals surface area contributed by atoms with Crippen LogP contribution in [-0.4, -0.2) is 5.91 Å². The number of aryl methyl sites for hydroxylation is 1. The van der Waals surface area contributed by atoms with Crippen molar-refractivity contribution >= 4 is 23.2 Å². The SMILES string of the molecule is Cc1ccc(C(=O)NC(C)c2ccc(Cl)cc2)c(N)c1. The number of nitrogens with two attached hydrogens (primary N) is 1. The van der Waals surface area contributed by atoms with E-state index >= 15 is 0 Å². The van der Waals surface area contributed by atoms with Crippen LogP contribution in [0.2, 0.25) is 5.02 Å². The topological polar surface area (TPSA) is 55.1 Å². The summed E-state index contributed by atoms with van der Waals surface area (Å²) in [5.41, 5.74) is 8.89. The van der Waals surface area contributed by atoms with Crippen LogP contribution in [0.3, 0.4) is 0 Å². The molecular formula is C16H17ClN2O. The van der Waals surface area contributed by atoms with Crippen molar-refractivity contribution in [1.82, 2.24) is 5.32 Å². The van der Waals surface area contributed by atoms with Gasteiger partial charge in [0.2, 0.25) is 0 Å². The number of hydrogen-bond donors (Lipinski definition) is 2. The van der Waals surface area contributed by atoms with Crippen LogP contribution in [0.15, 0.2) is 42.5 Å². The van der Waals surface area contributed by atoms with E-state index in [2.05, 4.69) is 5.32 Å². The first-order valence-corrected chi connectivity index (χ1v) is 6.77. The Kier molecular flexibility index (Phi) is 4.30. The van der Waals surface area contributed by atoms with Gasteiger partial charge in [-0.25, -0.2) is 0 Å². The van der Waals surface area contributed by atoms with Crippen LogP contribution in [0.4, 0.5) is 5.69 Å². The third kappa shape index (κ3) is 3.31. The number of nitrogens with one attached hydrogen (secondary N) is 1. The van der Waals surface area contributed by atoms with Gasteiger partial charge in [0.15, 0.2) is 0 Å². The van der Waals surface area contributed by atoms with Gasteiger partial charge in [-0.15, -0.1) is 0 Å². The van der Waals surface area contributed by atoms with Gasteiger partial charge in [0.1, 0.15) is 0 Å². The number of carbonyl (C=O) groups excluding carboxylic acids is 1. The summed E-state index contributed by atoms with van der Waals surface area (Å²) in [7, 11) is 0. The lowest BCUT2D eigenvalue weighted by Gasteiger charge is -2.15. The van der Waals surface area contributed by atoms with E-state index in [1.165, 1.54) is 0 Å². The summed E-state index contributed by atoms with van der Waals surface area (Å²) in [6.45, 7) is 3.86. The zero-order chi connectivity index (χ0) is 14.7. The number of hydrogen-bond acceptors (Lipinski definition) is 2. The van der Waals surface area contributed by atoms with Crippen molar-refractivity contribution in [2.24, 2.45) is 0 Å². The Morgan fingerprint density at radius 1 is 1.20 bits per heavy atom. The molecule has 1 amide bonds. The van der Waals surface area contributed by atoms with E-state index in [1.54, 1.807) is 24.3 Å². The minimum atomic E-state index is -0.176. The van der Waals surface area contributed by atoms with E-state index < -0.39 is 0 Å². The van der Waals surface area contributed by atoms with Gasteiger partial charge >= 0.3 is 0 Å². The molecule has 2 rings (SSSR count). The Labute approximate surface area is 123 Å². The minimum absolute atomic E-state index is 0.111. The molecule has 3 N–H and O–H groups in total. The predicted molar refractivity (Wildman–Crippen MR) is 82.9 cm³/mol. The molecule has 0 fully saturated rings. The second-order valence-corrected chi connectivity index (χ2v) is 5.27. The van der Waals surface area contributed by atoms with Crippen LogP contribution in [0, 0.1) is 6.92 Å². The summed E-state index contributed by atoms with van der Waals surface area (Å²) in [5.74, 6) is -0.176. The first-order chi connectivity index (χ1) is 9.47. The molecule has 0 aliphatic heterocycles. The maximum Gasteiger partial charge on any atom is 0.253 e. The quantitative estimate of drug-likeness (QED) is 0.846. The maximum atomic E-state index is 12.2. The van der Waals surface area contributed by atoms with Crippen LogP contribution < -0.4 is 11.1 Å². The van der Waals surface area contributed by atoms with Crippen molar-refractivity contribution < 1.29 is 4.79 Å². The smallest absolute Gasteiger partial charge is 0.253 e. The average molecular weight is 289 g/mol. The highest BCUT2D eigenvalue weighted by atomic mass is 35.5. The molecule has 0 heterocycles. The van der Waals surface area contributed by atoms with Gasteiger partial charge in [0.25, 0.3) is 5.91 Å². The first kappa shape index (κ1) is 14.4. The van der Waals surface area contributed by atoms with Crippen molar-refractivity contribution in [3.05, 3.63) is 64.2 Å². The van der Waals surface area contributed by atoms with Gasteiger partial charge in [0.05, 0.1) is 11.6 Å². The molecule has 0 aromatic heterocycles. The fourth-order valence-electron chi connectivity index (χ4n) is 2.00. The monoisotopic (exact) mass is 288 g/mol. The molecular weight excluding hydrogens is 272 g/mol.